The number of hydrogen-bond acceptors (Lipinski definition) is 4. The van der Waals surface area contributed by atoms with Gasteiger partial charge in [0.1, 0.15) is 6.33 Å². The predicted octanol–water partition coefficient (Wildman–Crippen LogP) is 1.13. The van der Waals surface area contributed by atoms with Gasteiger partial charge in [-0.15, -0.1) is 10.2 Å². The number of carbonyl (C=O) groups is 1. The van der Waals surface area contributed by atoms with E-state index in [4.69, 9.17) is 5.73 Å². The summed E-state index contributed by atoms with van der Waals surface area (Å²) in [7, 11) is 0. The molecule has 1 aromatic carbocycles. The second kappa shape index (κ2) is 6.70. The van der Waals surface area contributed by atoms with Crippen LogP contribution in [-0.2, 0) is 24.3 Å². The highest BCUT2D eigenvalue weighted by Gasteiger charge is 2.06. The normalized spacial score (nSPS) is 10.4. The molecular formula is C14H19N5O. The number of nitrogens with one attached hydrogen (secondary N) is 1. The first kappa shape index (κ1) is 14.0. The van der Waals surface area contributed by atoms with Crippen LogP contribution >= 0.6 is 0 Å². The number of anilines is 1. The Bertz CT molecular complexity index is 578. The van der Waals surface area contributed by atoms with Crippen LogP contribution in [0.15, 0.2) is 30.6 Å². The summed E-state index contributed by atoms with van der Waals surface area (Å²) in [5.41, 5.74) is 7.49. The molecule has 1 aromatic heterocycles. The number of rotatable bonds is 6. The van der Waals surface area contributed by atoms with Gasteiger partial charge in [-0.05, 0) is 31.0 Å². The van der Waals surface area contributed by atoms with Gasteiger partial charge in [-0.2, -0.15) is 0 Å². The summed E-state index contributed by atoms with van der Waals surface area (Å²) in [4.78, 5) is 11.8. The SMILES string of the molecule is CCn1cnnc1CNC(=O)CCc1cccc(N)c1. The Morgan fingerprint density at radius 1 is 1.45 bits per heavy atom. The second-order valence-corrected chi connectivity index (χ2v) is 4.55. The second-order valence-electron chi connectivity index (χ2n) is 4.55. The first-order valence-electron chi connectivity index (χ1n) is 6.67. The standard InChI is InChI=1S/C14H19N5O/c1-2-19-10-17-18-13(19)9-16-14(20)7-6-11-4-3-5-12(15)8-11/h3-5,8,10H,2,6-7,9,15H2,1H3,(H,16,20). The molecule has 0 saturated heterocycles. The Kier molecular flexibility index (Phi) is 4.70. The number of amides is 1. The maximum atomic E-state index is 11.8. The third kappa shape index (κ3) is 3.81. The van der Waals surface area contributed by atoms with Crippen molar-refractivity contribution < 1.29 is 4.79 Å². The zero-order valence-corrected chi connectivity index (χ0v) is 11.5. The number of hydrogen-bond donors (Lipinski definition) is 2. The van der Waals surface area contributed by atoms with E-state index in [9.17, 15) is 4.79 Å². The van der Waals surface area contributed by atoms with E-state index in [1.807, 2.05) is 35.8 Å². The van der Waals surface area contributed by atoms with Crippen LogP contribution in [0.2, 0.25) is 0 Å². The fourth-order valence-corrected chi connectivity index (χ4v) is 1.95. The molecule has 0 saturated carbocycles. The molecule has 0 fully saturated rings. The van der Waals surface area contributed by atoms with E-state index in [2.05, 4.69) is 15.5 Å². The first-order chi connectivity index (χ1) is 9.69. The number of nitrogen functional groups attached to an aromatic ring is 1. The molecule has 0 unspecified atom stereocenters. The molecule has 6 nitrogen and oxygen atoms in total. The number of benzene rings is 1. The van der Waals surface area contributed by atoms with Gasteiger partial charge in [0.25, 0.3) is 0 Å². The summed E-state index contributed by atoms with van der Waals surface area (Å²) >= 11 is 0. The topological polar surface area (TPSA) is 85.8 Å². The first-order valence-corrected chi connectivity index (χ1v) is 6.67. The summed E-state index contributed by atoms with van der Waals surface area (Å²) in [6.07, 6.45) is 2.77. The lowest BCUT2D eigenvalue weighted by Gasteiger charge is -2.06. The number of nitrogens with two attached hydrogens (primary N) is 1. The Morgan fingerprint density at radius 3 is 3.05 bits per heavy atom. The summed E-state index contributed by atoms with van der Waals surface area (Å²) in [5.74, 6) is 0.767. The van der Waals surface area contributed by atoms with E-state index in [0.717, 1.165) is 23.6 Å². The van der Waals surface area contributed by atoms with Gasteiger partial charge in [-0.1, -0.05) is 12.1 Å². The summed E-state index contributed by atoms with van der Waals surface area (Å²) in [6, 6.07) is 7.59. The van der Waals surface area contributed by atoms with Gasteiger partial charge in [-0.3, -0.25) is 4.79 Å². The molecule has 2 rings (SSSR count). The lowest BCUT2D eigenvalue weighted by molar-refractivity contribution is -0.121. The van der Waals surface area contributed by atoms with Crippen molar-refractivity contribution in [3.63, 3.8) is 0 Å². The highest BCUT2D eigenvalue weighted by molar-refractivity contribution is 5.76. The molecule has 0 aliphatic rings. The van der Waals surface area contributed by atoms with Crippen LogP contribution in [0.5, 0.6) is 0 Å². The van der Waals surface area contributed by atoms with Crippen LogP contribution < -0.4 is 11.1 Å². The predicted molar refractivity (Wildman–Crippen MR) is 76.7 cm³/mol. The molecule has 0 radical (unpaired) electrons. The lowest BCUT2D eigenvalue weighted by atomic mass is 10.1. The van der Waals surface area contributed by atoms with Crippen molar-refractivity contribution in [2.75, 3.05) is 5.73 Å². The third-order valence-corrected chi connectivity index (χ3v) is 3.07. The van der Waals surface area contributed by atoms with Gasteiger partial charge in [0.05, 0.1) is 6.54 Å². The van der Waals surface area contributed by atoms with Crippen molar-refractivity contribution in [3.8, 4) is 0 Å². The fourth-order valence-electron chi connectivity index (χ4n) is 1.95. The highest BCUT2D eigenvalue weighted by Crippen LogP contribution is 2.08. The van der Waals surface area contributed by atoms with Crippen molar-refractivity contribution in [1.29, 1.82) is 0 Å². The Hall–Kier alpha value is -2.37. The van der Waals surface area contributed by atoms with Crippen LogP contribution in [0.1, 0.15) is 24.7 Å². The molecule has 1 amide bonds. The van der Waals surface area contributed by atoms with Crippen LogP contribution in [0, 0.1) is 0 Å². The molecule has 0 atom stereocenters. The number of nitrogens with zero attached hydrogens (tertiary/aromatic N) is 3. The van der Waals surface area contributed by atoms with E-state index >= 15 is 0 Å². The molecule has 0 spiro atoms. The maximum absolute atomic E-state index is 11.8. The van der Waals surface area contributed by atoms with E-state index in [-0.39, 0.29) is 5.91 Å². The van der Waals surface area contributed by atoms with Crippen LogP contribution in [-0.4, -0.2) is 20.7 Å². The van der Waals surface area contributed by atoms with Crippen molar-refractivity contribution >= 4 is 11.6 Å². The average molecular weight is 273 g/mol. The van der Waals surface area contributed by atoms with E-state index in [0.29, 0.717) is 19.4 Å². The molecule has 0 bridgehead atoms. The lowest BCUT2D eigenvalue weighted by Crippen LogP contribution is -2.24. The highest BCUT2D eigenvalue weighted by atomic mass is 16.1. The van der Waals surface area contributed by atoms with Crippen molar-refractivity contribution in [3.05, 3.63) is 42.0 Å². The zero-order chi connectivity index (χ0) is 14.4. The average Bonchev–Trinajstić information content (AvgIpc) is 2.90. The van der Waals surface area contributed by atoms with Gasteiger partial charge in [-0.25, -0.2) is 0 Å². The molecule has 20 heavy (non-hydrogen) atoms. The van der Waals surface area contributed by atoms with Crippen LogP contribution in [0.3, 0.4) is 0 Å². The molecule has 0 aliphatic heterocycles. The summed E-state index contributed by atoms with van der Waals surface area (Å²) < 4.78 is 1.90. The van der Waals surface area contributed by atoms with Crippen molar-refractivity contribution in [2.24, 2.45) is 0 Å². The van der Waals surface area contributed by atoms with E-state index < -0.39 is 0 Å². The molecule has 2 aromatic rings. The zero-order valence-electron chi connectivity index (χ0n) is 11.5. The largest absolute Gasteiger partial charge is 0.399 e. The van der Waals surface area contributed by atoms with Gasteiger partial charge >= 0.3 is 0 Å². The number of carbonyl (C=O) groups excluding carboxylic acids is 1. The van der Waals surface area contributed by atoms with Gasteiger partial charge < -0.3 is 15.6 Å². The Morgan fingerprint density at radius 2 is 2.30 bits per heavy atom. The Balaban J connectivity index is 1.78. The van der Waals surface area contributed by atoms with Crippen molar-refractivity contribution in [2.45, 2.75) is 32.9 Å². The summed E-state index contributed by atoms with van der Waals surface area (Å²) in [6.45, 7) is 3.21. The smallest absolute Gasteiger partial charge is 0.220 e. The maximum Gasteiger partial charge on any atom is 0.220 e. The van der Waals surface area contributed by atoms with Gasteiger partial charge in [0.2, 0.25) is 5.91 Å². The summed E-state index contributed by atoms with van der Waals surface area (Å²) in [5, 5.41) is 10.6. The molecule has 1 heterocycles. The monoisotopic (exact) mass is 273 g/mol. The van der Waals surface area contributed by atoms with Crippen LogP contribution in [0.4, 0.5) is 5.69 Å². The van der Waals surface area contributed by atoms with Gasteiger partial charge in [0.15, 0.2) is 5.82 Å². The molecule has 0 aliphatic carbocycles. The quantitative estimate of drug-likeness (QED) is 0.772. The molecule has 3 N–H and O–H groups in total. The molecule has 6 heteroatoms. The van der Waals surface area contributed by atoms with Crippen LogP contribution in [0.25, 0.3) is 0 Å². The molecular weight excluding hydrogens is 254 g/mol. The number of aromatic nitrogens is 3. The minimum atomic E-state index is -0.00178. The van der Waals surface area contributed by atoms with E-state index in [1.165, 1.54) is 0 Å². The Labute approximate surface area is 118 Å². The van der Waals surface area contributed by atoms with Crippen molar-refractivity contribution in [1.82, 2.24) is 20.1 Å². The minimum absolute atomic E-state index is 0.00178. The minimum Gasteiger partial charge on any atom is -0.399 e. The number of aryl methyl sites for hydroxylation is 2. The fraction of sp³-hybridized carbons (Fsp3) is 0.357. The molecule has 106 valence electrons. The van der Waals surface area contributed by atoms with E-state index in [1.54, 1.807) is 6.33 Å². The third-order valence-electron chi connectivity index (χ3n) is 3.07. The van der Waals surface area contributed by atoms with Gasteiger partial charge in [0, 0.05) is 18.7 Å².